The highest BCUT2D eigenvalue weighted by molar-refractivity contribution is 5.82. The Morgan fingerprint density at radius 1 is 1.35 bits per heavy atom. The molecule has 0 N–H and O–H groups in total. The van der Waals surface area contributed by atoms with Gasteiger partial charge >= 0.3 is 0 Å². The zero-order valence-corrected chi connectivity index (χ0v) is 15.6. The van der Waals surface area contributed by atoms with Crippen molar-refractivity contribution in [3.8, 4) is 5.82 Å². The molecule has 1 aliphatic carbocycles. The summed E-state index contributed by atoms with van der Waals surface area (Å²) >= 11 is 0. The zero-order chi connectivity index (χ0) is 17.9. The fourth-order valence-corrected chi connectivity index (χ4v) is 4.97. The molecule has 1 amide bonds. The number of carbonyl (C=O) groups excluding carboxylic acids is 1. The Morgan fingerprint density at radius 2 is 2.19 bits per heavy atom. The summed E-state index contributed by atoms with van der Waals surface area (Å²) in [5.74, 6) is 2.19. The van der Waals surface area contributed by atoms with Crippen LogP contribution in [-0.2, 0) is 10.3 Å². The van der Waals surface area contributed by atoms with Crippen LogP contribution >= 0.6 is 0 Å². The number of hydrogen-bond acceptors (Lipinski definition) is 3. The van der Waals surface area contributed by atoms with Crippen molar-refractivity contribution in [1.29, 1.82) is 0 Å². The lowest BCUT2D eigenvalue weighted by Crippen LogP contribution is -2.53. The maximum absolute atomic E-state index is 12.9. The first-order valence-electron chi connectivity index (χ1n) is 9.85. The summed E-state index contributed by atoms with van der Waals surface area (Å²) in [6.45, 7) is 7.02. The van der Waals surface area contributed by atoms with Gasteiger partial charge in [0.1, 0.15) is 5.54 Å². The van der Waals surface area contributed by atoms with Crippen molar-refractivity contribution in [3.05, 3.63) is 42.4 Å². The number of anilines is 1. The first-order valence-corrected chi connectivity index (χ1v) is 9.85. The lowest BCUT2D eigenvalue weighted by atomic mass is 9.88. The number of pyridine rings is 1. The molecular weight excluding hydrogens is 324 g/mol. The third-order valence-electron chi connectivity index (χ3n) is 6.46. The van der Waals surface area contributed by atoms with Gasteiger partial charge in [-0.05, 0) is 49.4 Å². The van der Waals surface area contributed by atoms with Crippen molar-refractivity contribution in [3.63, 3.8) is 0 Å². The summed E-state index contributed by atoms with van der Waals surface area (Å²) < 4.78 is 2.23. The molecule has 2 aromatic heterocycles. The Labute approximate surface area is 154 Å². The van der Waals surface area contributed by atoms with Crippen LogP contribution in [0.2, 0.25) is 0 Å². The molecule has 2 fully saturated rings. The molecule has 3 aliphatic rings. The molecule has 26 heavy (non-hydrogen) atoms. The summed E-state index contributed by atoms with van der Waals surface area (Å²) in [7, 11) is 0. The summed E-state index contributed by atoms with van der Waals surface area (Å²) in [6.07, 6.45) is 7.09. The zero-order valence-electron chi connectivity index (χ0n) is 15.6. The second kappa shape index (κ2) is 5.60. The molecule has 2 aromatic rings. The van der Waals surface area contributed by atoms with Gasteiger partial charge < -0.3 is 14.4 Å². The minimum atomic E-state index is -0.136. The van der Waals surface area contributed by atoms with Crippen LogP contribution in [0.25, 0.3) is 5.82 Å². The number of fused-ring (bicyclic) bond motifs is 4. The topological polar surface area (TPSA) is 41.4 Å². The molecule has 5 rings (SSSR count). The van der Waals surface area contributed by atoms with Crippen LogP contribution in [0.15, 0.2) is 36.7 Å². The number of rotatable bonds is 3. The Morgan fingerprint density at radius 3 is 2.96 bits per heavy atom. The highest BCUT2D eigenvalue weighted by atomic mass is 16.2. The van der Waals surface area contributed by atoms with Crippen LogP contribution in [-0.4, -0.2) is 40.0 Å². The number of nitrogens with zero attached hydrogens (tertiary/aromatic N) is 4. The fourth-order valence-electron chi connectivity index (χ4n) is 4.97. The van der Waals surface area contributed by atoms with Crippen LogP contribution in [0.5, 0.6) is 0 Å². The molecule has 3 atom stereocenters. The lowest BCUT2D eigenvalue weighted by molar-refractivity contribution is -0.132. The van der Waals surface area contributed by atoms with Crippen LogP contribution in [0.1, 0.15) is 38.8 Å². The van der Waals surface area contributed by atoms with E-state index in [1.54, 1.807) is 0 Å². The molecule has 4 heterocycles. The van der Waals surface area contributed by atoms with Gasteiger partial charge in [0.05, 0.1) is 11.4 Å². The predicted octanol–water partition coefficient (Wildman–Crippen LogP) is 3.19. The van der Waals surface area contributed by atoms with E-state index < -0.39 is 0 Å². The van der Waals surface area contributed by atoms with Crippen molar-refractivity contribution in [1.82, 2.24) is 14.5 Å². The Kier molecular flexibility index (Phi) is 3.43. The Hall–Kier alpha value is -2.30. The maximum atomic E-state index is 12.9. The molecule has 5 heteroatoms. The van der Waals surface area contributed by atoms with Crippen LogP contribution in [0, 0.1) is 11.8 Å². The molecule has 0 bridgehead atoms. The van der Waals surface area contributed by atoms with Gasteiger partial charge in [0.25, 0.3) is 0 Å². The van der Waals surface area contributed by atoms with E-state index in [0.29, 0.717) is 11.8 Å². The molecule has 1 spiro atoms. The molecule has 0 unspecified atom stereocenters. The SMILES string of the molecule is CCCN1c2cccnc2-n2cccc2[C@]12CCN(C(=O)[C@@H]1C[C@H]1C)C2. The van der Waals surface area contributed by atoms with Crippen molar-refractivity contribution in [2.75, 3.05) is 24.5 Å². The molecule has 2 aliphatic heterocycles. The van der Waals surface area contributed by atoms with Crippen molar-refractivity contribution >= 4 is 11.6 Å². The quantitative estimate of drug-likeness (QED) is 0.854. The van der Waals surface area contributed by atoms with Crippen LogP contribution < -0.4 is 4.90 Å². The highest BCUT2D eigenvalue weighted by Crippen LogP contribution is 2.48. The van der Waals surface area contributed by atoms with E-state index in [1.165, 1.54) is 11.4 Å². The normalized spacial score (nSPS) is 29.0. The van der Waals surface area contributed by atoms with E-state index >= 15 is 0 Å². The summed E-state index contributed by atoms with van der Waals surface area (Å²) in [5.41, 5.74) is 2.33. The van der Waals surface area contributed by atoms with Gasteiger partial charge in [-0.25, -0.2) is 4.98 Å². The van der Waals surface area contributed by atoms with Gasteiger partial charge in [0.2, 0.25) is 5.91 Å². The average Bonchev–Trinajstić information content (AvgIpc) is 3.05. The van der Waals surface area contributed by atoms with Gasteiger partial charge in [-0.1, -0.05) is 13.8 Å². The largest absolute Gasteiger partial charge is 0.355 e. The molecule has 1 saturated carbocycles. The van der Waals surface area contributed by atoms with E-state index in [9.17, 15) is 4.79 Å². The van der Waals surface area contributed by atoms with E-state index in [0.717, 1.165) is 44.7 Å². The molecule has 5 nitrogen and oxygen atoms in total. The number of aromatic nitrogens is 2. The third kappa shape index (κ3) is 2.09. The van der Waals surface area contributed by atoms with Crippen molar-refractivity contribution < 1.29 is 4.79 Å². The summed E-state index contributed by atoms with van der Waals surface area (Å²) in [4.78, 5) is 22.2. The number of hydrogen-bond donors (Lipinski definition) is 0. The van der Waals surface area contributed by atoms with E-state index in [2.05, 4.69) is 57.6 Å². The molecule has 1 saturated heterocycles. The molecule has 0 aromatic carbocycles. The Bertz CT molecular complexity index is 859. The van der Waals surface area contributed by atoms with Crippen LogP contribution in [0.3, 0.4) is 0 Å². The average molecular weight is 350 g/mol. The number of amides is 1. The summed E-state index contributed by atoms with van der Waals surface area (Å²) in [6, 6.07) is 8.52. The van der Waals surface area contributed by atoms with Gasteiger partial charge in [-0.15, -0.1) is 0 Å². The van der Waals surface area contributed by atoms with Crippen molar-refractivity contribution in [2.24, 2.45) is 11.8 Å². The number of carbonyl (C=O) groups is 1. The van der Waals surface area contributed by atoms with E-state index in [4.69, 9.17) is 0 Å². The highest BCUT2D eigenvalue weighted by Gasteiger charge is 2.52. The van der Waals surface area contributed by atoms with Crippen molar-refractivity contribution in [2.45, 2.75) is 38.6 Å². The van der Waals surface area contributed by atoms with Gasteiger partial charge in [-0.2, -0.15) is 0 Å². The predicted molar refractivity (Wildman–Crippen MR) is 101 cm³/mol. The number of likely N-dealkylation sites (tertiary alicyclic amines) is 1. The smallest absolute Gasteiger partial charge is 0.226 e. The first-order chi connectivity index (χ1) is 12.7. The first kappa shape index (κ1) is 15.9. The van der Waals surface area contributed by atoms with E-state index in [-0.39, 0.29) is 11.5 Å². The molecule has 136 valence electrons. The standard InChI is InChI=1S/C21H26N4O/c1-3-10-25-17-6-4-9-22-19(17)24-11-5-7-18(24)21(25)8-12-23(14-21)20(26)16-13-15(16)2/h4-7,9,11,15-16H,3,8,10,12-14H2,1-2H3/t15-,16-,21-/m1/s1. The minimum Gasteiger partial charge on any atom is -0.355 e. The Balaban J connectivity index is 1.58. The minimum absolute atomic E-state index is 0.136. The summed E-state index contributed by atoms with van der Waals surface area (Å²) in [5, 5.41) is 0. The second-order valence-electron chi connectivity index (χ2n) is 8.12. The van der Waals surface area contributed by atoms with Gasteiger partial charge in [0, 0.05) is 37.9 Å². The molecule has 0 radical (unpaired) electrons. The van der Waals surface area contributed by atoms with E-state index in [1.807, 2.05) is 12.3 Å². The van der Waals surface area contributed by atoms with Gasteiger partial charge in [0.15, 0.2) is 5.82 Å². The monoisotopic (exact) mass is 350 g/mol. The second-order valence-corrected chi connectivity index (χ2v) is 8.12. The fraction of sp³-hybridized carbons (Fsp3) is 0.524. The van der Waals surface area contributed by atoms with Gasteiger partial charge in [-0.3, -0.25) is 4.79 Å². The lowest BCUT2D eigenvalue weighted by Gasteiger charge is -2.47. The van der Waals surface area contributed by atoms with Crippen LogP contribution in [0.4, 0.5) is 5.69 Å². The maximum Gasteiger partial charge on any atom is 0.226 e. The molecular formula is C21H26N4O. The third-order valence-corrected chi connectivity index (χ3v) is 6.46.